The fourth-order valence-corrected chi connectivity index (χ4v) is 2.40. The average Bonchev–Trinajstić information content (AvgIpc) is 2.51. The SMILES string of the molecule is CCCCC(N=[N+]=[N-])C(CC(=O)N1CCOCC1)OC(=O)Cl. The molecule has 8 nitrogen and oxygen atoms in total. The van der Waals surface area contributed by atoms with Crippen molar-refractivity contribution in [2.75, 3.05) is 26.3 Å². The maximum absolute atomic E-state index is 12.3. The summed E-state index contributed by atoms with van der Waals surface area (Å²) in [5, 5.41) is 3.66. The highest BCUT2D eigenvalue weighted by Crippen LogP contribution is 2.18. The predicted octanol–water partition coefficient (Wildman–Crippen LogP) is 2.85. The Kier molecular flexibility index (Phi) is 8.65. The third-order valence-electron chi connectivity index (χ3n) is 3.47. The van der Waals surface area contributed by atoms with E-state index in [-0.39, 0.29) is 12.3 Å². The summed E-state index contributed by atoms with van der Waals surface area (Å²) >= 11 is 5.28. The van der Waals surface area contributed by atoms with Crippen LogP contribution in [0, 0.1) is 0 Å². The van der Waals surface area contributed by atoms with Crippen molar-refractivity contribution in [2.24, 2.45) is 5.11 Å². The van der Waals surface area contributed by atoms with E-state index in [4.69, 9.17) is 26.6 Å². The van der Waals surface area contributed by atoms with Crippen molar-refractivity contribution < 1.29 is 19.1 Å². The van der Waals surface area contributed by atoms with Crippen LogP contribution in [0.1, 0.15) is 32.6 Å². The fraction of sp³-hybridized carbons (Fsp3) is 0.846. The van der Waals surface area contributed by atoms with Gasteiger partial charge in [-0.3, -0.25) is 4.79 Å². The monoisotopic (exact) mass is 332 g/mol. The molecular weight excluding hydrogens is 312 g/mol. The second-order valence-corrected chi connectivity index (χ2v) is 5.31. The van der Waals surface area contributed by atoms with Crippen LogP contribution in [0.2, 0.25) is 0 Å². The lowest BCUT2D eigenvalue weighted by atomic mass is 10.0. The number of nitrogens with zero attached hydrogens (tertiary/aromatic N) is 4. The molecule has 1 fully saturated rings. The number of amides is 1. The van der Waals surface area contributed by atoms with Crippen LogP contribution in [0.4, 0.5) is 4.79 Å². The molecular formula is C13H21ClN4O4. The molecule has 0 N–H and O–H groups in total. The van der Waals surface area contributed by atoms with Crippen molar-refractivity contribution in [2.45, 2.75) is 44.8 Å². The van der Waals surface area contributed by atoms with Gasteiger partial charge in [0.25, 0.3) is 0 Å². The Morgan fingerprint density at radius 1 is 1.45 bits per heavy atom. The molecule has 1 rings (SSSR count). The Morgan fingerprint density at radius 3 is 2.68 bits per heavy atom. The summed E-state index contributed by atoms with van der Waals surface area (Å²) in [7, 11) is 0. The summed E-state index contributed by atoms with van der Waals surface area (Å²) < 4.78 is 10.2. The minimum Gasteiger partial charge on any atom is -0.449 e. The zero-order valence-corrected chi connectivity index (χ0v) is 13.4. The number of carbonyl (C=O) groups is 2. The largest absolute Gasteiger partial charge is 0.449 e. The van der Waals surface area contributed by atoms with Gasteiger partial charge >= 0.3 is 5.43 Å². The van der Waals surface area contributed by atoms with E-state index in [0.717, 1.165) is 12.8 Å². The van der Waals surface area contributed by atoms with E-state index in [9.17, 15) is 9.59 Å². The Morgan fingerprint density at radius 2 is 2.14 bits per heavy atom. The van der Waals surface area contributed by atoms with Crippen LogP contribution in [0.5, 0.6) is 0 Å². The van der Waals surface area contributed by atoms with Gasteiger partial charge in [-0.1, -0.05) is 24.9 Å². The first kappa shape index (κ1) is 18.5. The highest BCUT2D eigenvalue weighted by atomic mass is 35.5. The van der Waals surface area contributed by atoms with Gasteiger partial charge in [0.1, 0.15) is 6.10 Å². The number of morpholine rings is 1. The van der Waals surface area contributed by atoms with Crippen LogP contribution in [-0.4, -0.2) is 54.7 Å². The van der Waals surface area contributed by atoms with Crippen molar-refractivity contribution in [1.29, 1.82) is 0 Å². The molecule has 124 valence electrons. The zero-order chi connectivity index (χ0) is 16.4. The summed E-state index contributed by atoms with van der Waals surface area (Å²) in [6.07, 6.45) is 1.34. The quantitative estimate of drug-likeness (QED) is 0.295. The van der Waals surface area contributed by atoms with E-state index < -0.39 is 17.6 Å². The molecule has 1 aliphatic heterocycles. The lowest BCUT2D eigenvalue weighted by Crippen LogP contribution is -2.43. The second-order valence-electron chi connectivity index (χ2n) is 5.01. The van der Waals surface area contributed by atoms with Crippen LogP contribution in [0.15, 0.2) is 5.11 Å². The molecule has 0 saturated carbocycles. The van der Waals surface area contributed by atoms with E-state index in [1.54, 1.807) is 4.90 Å². The van der Waals surface area contributed by atoms with Crippen molar-refractivity contribution in [3.8, 4) is 0 Å². The first-order valence-corrected chi connectivity index (χ1v) is 7.72. The van der Waals surface area contributed by atoms with Crippen LogP contribution in [-0.2, 0) is 14.3 Å². The summed E-state index contributed by atoms with van der Waals surface area (Å²) in [4.78, 5) is 27.8. The summed E-state index contributed by atoms with van der Waals surface area (Å²) in [6.45, 7) is 3.97. The molecule has 0 aromatic carbocycles. The molecule has 0 aliphatic carbocycles. The van der Waals surface area contributed by atoms with E-state index in [0.29, 0.717) is 32.7 Å². The van der Waals surface area contributed by atoms with Gasteiger partial charge in [-0.05, 0) is 12.0 Å². The molecule has 0 aromatic rings. The third-order valence-corrected chi connectivity index (χ3v) is 3.56. The van der Waals surface area contributed by atoms with E-state index >= 15 is 0 Å². The van der Waals surface area contributed by atoms with E-state index in [1.807, 2.05) is 6.92 Å². The molecule has 0 bridgehead atoms. The Balaban J connectivity index is 2.73. The van der Waals surface area contributed by atoms with Gasteiger partial charge in [0, 0.05) is 29.6 Å². The van der Waals surface area contributed by atoms with Crippen LogP contribution >= 0.6 is 11.6 Å². The topological polar surface area (TPSA) is 105 Å². The number of unbranched alkanes of at least 4 members (excludes halogenated alkanes) is 1. The van der Waals surface area contributed by atoms with Crippen molar-refractivity contribution in [3.63, 3.8) is 0 Å². The Hall–Kier alpha value is -1.50. The lowest BCUT2D eigenvalue weighted by Gasteiger charge is -2.29. The predicted molar refractivity (Wildman–Crippen MR) is 80.6 cm³/mol. The lowest BCUT2D eigenvalue weighted by molar-refractivity contribution is -0.137. The second kappa shape index (κ2) is 10.3. The van der Waals surface area contributed by atoms with Gasteiger partial charge in [0.2, 0.25) is 5.91 Å². The zero-order valence-electron chi connectivity index (χ0n) is 12.6. The van der Waals surface area contributed by atoms with Gasteiger partial charge in [0.15, 0.2) is 0 Å². The number of ether oxygens (including phenoxy) is 2. The highest BCUT2D eigenvalue weighted by molar-refractivity contribution is 6.61. The van der Waals surface area contributed by atoms with Crippen molar-refractivity contribution in [1.82, 2.24) is 4.90 Å². The Bertz CT molecular complexity index is 422. The first-order valence-electron chi connectivity index (χ1n) is 7.34. The Labute approximate surface area is 134 Å². The molecule has 22 heavy (non-hydrogen) atoms. The number of carbonyl (C=O) groups excluding carboxylic acids is 2. The molecule has 1 heterocycles. The summed E-state index contributed by atoms with van der Waals surface area (Å²) in [6, 6.07) is -0.599. The van der Waals surface area contributed by atoms with Crippen LogP contribution in [0.3, 0.4) is 0 Å². The smallest absolute Gasteiger partial charge is 0.404 e. The average molecular weight is 333 g/mol. The number of hydrogen-bond donors (Lipinski definition) is 0. The summed E-state index contributed by atoms with van der Waals surface area (Å²) in [5.41, 5.74) is 7.67. The first-order chi connectivity index (χ1) is 10.6. The number of hydrogen-bond acceptors (Lipinski definition) is 5. The molecule has 1 amide bonds. The van der Waals surface area contributed by atoms with E-state index in [2.05, 4.69) is 10.0 Å². The molecule has 0 aromatic heterocycles. The molecule has 0 radical (unpaired) electrons. The van der Waals surface area contributed by atoms with Gasteiger partial charge in [-0.15, -0.1) is 0 Å². The number of azide groups is 1. The van der Waals surface area contributed by atoms with Crippen LogP contribution < -0.4 is 0 Å². The number of rotatable bonds is 8. The van der Waals surface area contributed by atoms with Gasteiger partial charge < -0.3 is 14.4 Å². The minimum absolute atomic E-state index is 0.0497. The van der Waals surface area contributed by atoms with E-state index in [1.165, 1.54) is 0 Å². The third kappa shape index (κ3) is 6.51. The van der Waals surface area contributed by atoms with Gasteiger partial charge in [-0.25, -0.2) is 4.79 Å². The maximum atomic E-state index is 12.3. The van der Waals surface area contributed by atoms with Gasteiger partial charge in [0.05, 0.1) is 25.7 Å². The fourth-order valence-electron chi connectivity index (χ4n) is 2.29. The highest BCUT2D eigenvalue weighted by Gasteiger charge is 2.29. The molecule has 1 saturated heterocycles. The molecule has 2 atom stereocenters. The van der Waals surface area contributed by atoms with Crippen molar-refractivity contribution in [3.05, 3.63) is 10.4 Å². The molecule has 1 aliphatic rings. The van der Waals surface area contributed by atoms with Crippen molar-refractivity contribution >= 4 is 22.9 Å². The number of halogens is 1. The molecule has 2 unspecified atom stereocenters. The maximum Gasteiger partial charge on any atom is 0.404 e. The normalized spacial score (nSPS) is 17.3. The van der Waals surface area contributed by atoms with Crippen LogP contribution in [0.25, 0.3) is 10.4 Å². The summed E-state index contributed by atoms with van der Waals surface area (Å²) in [5.74, 6) is -0.166. The molecule has 9 heteroatoms. The molecule has 0 spiro atoms. The van der Waals surface area contributed by atoms with Gasteiger partial charge in [-0.2, -0.15) is 0 Å². The minimum atomic E-state index is -1.01. The standard InChI is InChI=1S/C13H21ClN4O4/c1-2-3-4-10(16-17-15)11(22-13(14)20)9-12(19)18-5-7-21-8-6-18/h10-11H,2-9H2,1H3.